The van der Waals surface area contributed by atoms with Crippen molar-refractivity contribution >= 4 is 15.9 Å². The molecule has 0 saturated carbocycles. The molecule has 1 aromatic carbocycles. The van der Waals surface area contributed by atoms with E-state index >= 15 is 0 Å². The number of benzene rings is 1. The van der Waals surface area contributed by atoms with Crippen LogP contribution in [0.4, 0.5) is 0 Å². The molecule has 82 valence electrons. The van der Waals surface area contributed by atoms with Gasteiger partial charge < -0.3 is 10.1 Å². The van der Waals surface area contributed by atoms with Gasteiger partial charge in [0.1, 0.15) is 11.9 Å². The van der Waals surface area contributed by atoms with Crippen LogP contribution in [0.15, 0.2) is 22.7 Å². The number of hydrogen-bond acceptors (Lipinski definition) is 2. The molecule has 15 heavy (non-hydrogen) atoms. The van der Waals surface area contributed by atoms with Gasteiger partial charge in [0.25, 0.3) is 0 Å². The lowest BCUT2D eigenvalue weighted by Crippen LogP contribution is -2.37. The van der Waals surface area contributed by atoms with E-state index in [0.29, 0.717) is 6.10 Å². The second-order valence-corrected chi connectivity index (χ2v) is 4.80. The van der Waals surface area contributed by atoms with Crippen molar-refractivity contribution in [1.29, 1.82) is 0 Å². The minimum absolute atomic E-state index is 0.326. The average Bonchev–Trinajstić information content (AvgIpc) is 2.26. The van der Waals surface area contributed by atoms with E-state index in [4.69, 9.17) is 4.74 Å². The summed E-state index contributed by atoms with van der Waals surface area (Å²) in [5.74, 6) is 0.998. The highest BCUT2D eigenvalue weighted by Crippen LogP contribution is 2.27. The van der Waals surface area contributed by atoms with Crippen LogP contribution in [-0.4, -0.2) is 19.2 Å². The summed E-state index contributed by atoms with van der Waals surface area (Å²) in [6, 6.07) is 6.10. The Morgan fingerprint density at radius 2 is 2.33 bits per heavy atom. The van der Waals surface area contributed by atoms with E-state index in [-0.39, 0.29) is 0 Å². The lowest BCUT2D eigenvalue weighted by atomic mass is 10.1. The lowest BCUT2D eigenvalue weighted by Gasteiger charge is -2.24. The smallest absolute Gasteiger partial charge is 0.123 e. The molecule has 1 aromatic rings. The Bertz CT molecular complexity index is 334. The Kier molecular flexibility index (Phi) is 3.65. The van der Waals surface area contributed by atoms with Gasteiger partial charge in [0.05, 0.1) is 0 Å². The van der Waals surface area contributed by atoms with Gasteiger partial charge in [0.15, 0.2) is 0 Å². The topological polar surface area (TPSA) is 21.3 Å². The molecule has 1 N–H and O–H groups in total. The van der Waals surface area contributed by atoms with Crippen LogP contribution in [0.3, 0.4) is 0 Å². The van der Waals surface area contributed by atoms with E-state index in [2.05, 4.69) is 28.2 Å². The molecule has 3 heteroatoms. The van der Waals surface area contributed by atoms with Crippen LogP contribution in [0.1, 0.15) is 18.4 Å². The molecule has 0 spiro atoms. The normalized spacial score (nSPS) is 21.3. The van der Waals surface area contributed by atoms with Crippen LogP contribution in [0, 0.1) is 6.92 Å². The molecule has 0 aromatic heterocycles. The third-order valence-corrected chi connectivity index (χ3v) is 3.62. The fourth-order valence-electron chi connectivity index (χ4n) is 1.82. The quantitative estimate of drug-likeness (QED) is 0.892. The molecule has 0 bridgehead atoms. The van der Waals surface area contributed by atoms with Crippen LogP contribution in [0.2, 0.25) is 0 Å². The molecular formula is C12H16BrNO. The molecule has 2 rings (SSSR count). The minimum Gasteiger partial charge on any atom is -0.489 e. The first-order valence-corrected chi connectivity index (χ1v) is 6.19. The van der Waals surface area contributed by atoms with Crippen molar-refractivity contribution in [2.24, 2.45) is 0 Å². The summed E-state index contributed by atoms with van der Waals surface area (Å²) in [5, 5.41) is 3.35. The van der Waals surface area contributed by atoms with Gasteiger partial charge in [-0.1, -0.05) is 22.0 Å². The van der Waals surface area contributed by atoms with Crippen LogP contribution >= 0.6 is 15.9 Å². The molecule has 1 saturated heterocycles. The molecular weight excluding hydrogens is 254 g/mol. The fraction of sp³-hybridized carbons (Fsp3) is 0.500. The molecule has 0 aliphatic carbocycles. The number of hydrogen-bond donors (Lipinski definition) is 1. The summed E-state index contributed by atoms with van der Waals surface area (Å²) in [6.45, 7) is 4.17. The average molecular weight is 270 g/mol. The van der Waals surface area contributed by atoms with Crippen molar-refractivity contribution in [3.8, 4) is 5.75 Å². The largest absolute Gasteiger partial charge is 0.489 e. The third-order valence-electron chi connectivity index (χ3n) is 2.76. The predicted octanol–water partition coefficient (Wildman–Crippen LogP) is 2.89. The Labute approximate surface area is 99.1 Å². The van der Waals surface area contributed by atoms with Crippen molar-refractivity contribution in [2.75, 3.05) is 13.1 Å². The Morgan fingerprint density at radius 1 is 1.47 bits per heavy atom. The van der Waals surface area contributed by atoms with Crippen molar-refractivity contribution in [3.63, 3.8) is 0 Å². The first kappa shape index (κ1) is 11.0. The highest BCUT2D eigenvalue weighted by molar-refractivity contribution is 9.10. The van der Waals surface area contributed by atoms with Gasteiger partial charge in [-0.25, -0.2) is 0 Å². The van der Waals surface area contributed by atoms with Gasteiger partial charge in [-0.05, 0) is 38.4 Å². The van der Waals surface area contributed by atoms with Crippen LogP contribution in [0.25, 0.3) is 0 Å². The van der Waals surface area contributed by atoms with Crippen LogP contribution in [-0.2, 0) is 0 Å². The van der Waals surface area contributed by atoms with E-state index in [1.165, 1.54) is 12.0 Å². The maximum absolute atomic E-state index is 5.97. The maximum Gasteiger partial charge on any atom is 0.123 e. The molecule has 1 aliphatic heterocycles. The number of nitrogens with one attached hydrogen (secondary N) is 1. The molecule has 0 amide bonds. The molecule has 1 unspecified atom stereocenters. The first-order valence-electron chi connectivity index (χ1n) is 5.40. The second-order valence-electron chi connectivity index (χ2n) is 3.95. The zero-order valence-electron chi connectivity index (χ0n) is 8.92. The second kappa shape index (κ2) is 4.99. The zero-order valence-corrected chi connectivity index (χ0v) is 10.5. The predicted molar refractivity (Wildman–Crippen MR) is 65.4 cm³/mol. The SMILES string of the molecule is Cc1c(Br)cccc1OC1CCCNC1. The highest BCUT2D eigenvalue weighted by Gasteiger charge is 2.15. The van der Waals surface area contributed by atoms with E-state index in [1.54, 1.807) is 0 Å². The van der Waals surface area contributed by atoms with E-state index in [0.717, 1.165) is 29.7 Å². The maximum atomic E-state index is 5.97. The summed E-state index contributed by atoms with van der Waals surface area (Å²) in [5.41, 5.74) is 1.18. The van der Waals surface area contributed by atoms with Crippen molar-refractivity contribution in [3.05, 3.63) is 28.2 Å². The first-order chi connectivity index (χ1) is 7.27. The molecule has 1 aliphatic rings. The Balaban J connectivity index is 2.06. The fourth-order valence-corrected chi connectivity index (χ4v) is 2.16. The number of piperidine rings is 1. The Morgan fingerprint density at radius 3 is 3.07 bits per heavy atom. The highest BCUT2D eigenvalue weighted by atomic mass is 79.9. The molecule has 0 radical (unpaired) electrons. The monoisotopic (exact) mass is 269 g/mol. The summed E-state index contributed by atoms with van der Waals surface area (Å²) in [4.78, 5) is 0. The summed E-state index contributed by atoms with van der Waals surface area (Å²) >= 11 is 3.52. The van der Waals surface area contributed by atoms with E-state index < -0.39 is 0 Å². The van der Waals surface area contributed by atoms with Crippen LogP contribution < -0.4 is 10.1 Å². The van der Waals surface area contributed by atoms with Crippen molar-refractivity contribution in [2.45, 2.75) is 25.9 Å². The van der Waals surface area contributed by atoms with E-state index in [1.807, 2.05) is 18.2 Å². The number of rotatable bonds is 2. The third kappa shape index (κ3) is 2.73. The molecule has 1 atom stereocenters. The zero-order chi connectivity index (χ0) is 10.7. The van der Waals surface area contributed by atoms with Gasteiger partial charge in [-0.15, -0.1) is 0 Å². The number of ether oxygens (including phenoxy) is 1. The van der Waals surface area contributed by atoms with Crippen molar-refractivity contribution < 1.29 is 4.74 Å². The lowest BCUT2D eigenvalue weighted by molar-refractivity contribution is 0.166. The number of halogens is 1. The molecule has 1 fully saturated rings. The van der Waals surface area contributed by atoms with Gasteiger partial charge in [0, 0.05) is 16.6 Å². The van der Waals surface area contributed by atoms with Crippen LogP contribution in [0.5, 0.6) is 5.75 Å². The Hall–Kier alpha value is -0.540. The van der Waals surface area contributed by atoms with Gasteiger partial charge >= 0.3 is 0 Å². The standard InChI is InChI=1S/C12H16BrNO/c1-9-11(13)5-2-6-12(9)15-10-4-3-7-14-8-10/h2,5-6,10,14H,3-4,7-8H2,1H3. The van der Waals surface area contributed by atoms with Gasteiger partial charge in [-0.2, -0.15) is 0 Å². The summed E-state index contributed by atoms with van der Waals surface area (Å²) in [6.07, 6.45) is 2.68. The summed E-state index contributed by atoms with van der Waals surface area (Å²) < 4.78 is 7.09. The van der Waals surface area contributed by atoms with Crippen molar-refractivity contribution in [1.82, 2.24) is 5.32 Å². The van der Waals surface area contributed by atoms with Gasteiger partial charge in [-0.3, -0.25) is 0 Å². The van der Waals surface area contributed by atoms with E-state index in [9.17, 15) is 0 Å². The molecule has 1 heterocycles. The minimum atomic E-state index is 0.326. The summed E-state index contributed by atoms with van der Waals surface area (Å²) in [7, 11) is 0. The molecule has 2 nitrogen and oxygen atoms in total. The van der Waals surface area contributed by atoms with Gasteiger partial charge in [0.2, 0.25) is 0 Å².